The number of aliphatic imine (C=N–C) groups is 1. The van der Waals surface area contributed by atoms with Crippen molar-refractivity contribution < 1.29 is 5.11 Å². The number of nitrogens with zero attached hydrogens (tertiary/aromatic N) is 1. The van der Waals surface area contributed by atoms with Crippen molar-refractivity contribution >= 4 is 5.84 Å². The molecule has 0 aromatic heterocycles. The van der Waals surface area contributed by atoms with Crippen molar-refractivity contribution in [1.82, 2.24) is 0 Å². The van der Waals surface area contributed by atoms with E-state index in [9.17, 15) is 0 Å². The molecular weight excluding hydrogens is 116 g/mol. The third-order valence-corrected chi connectivity index (χ3v) is 1.43. The number of aliphatic hydroxyl groups excluding tert-OH is 1. The second-order valence-corrected chi connectivity index (χ2v) is 2.16. The highest BCUT2D eigenvalue weighted by Crippen LogP contribution is 2.29. The van der Waals surface area contributed by atoms with Crippen LogP contribution < -0.4 is 5.73 Å². The van der Waals surface area contributed by atoms with Gasteiger partial charge in [-0.15, -0.1) is 0 Å². The normalized spacial score (nSPS) is 29.8. The van der Waals surface area contributed by atoms with Crippen LogP contribution in [0.1, 0.15) is 0 Å². The largest absolute Gasteiger partial charge is 0.504 e. The van der Waals surface area contributed by atoms with Crippen LogP contribution in [-0.2, 0) is 0 Å². The van der Waals surface area contributed by atoms with Gasteiger partial charge in [-0.3, -0.25) is 4.99 Å². The lowest BCUT2D eigenvalue weighted by atomic mass is 10.3. The second kappa shape index (κ2) is 1.18. The first kappa shape index (κ1) is 4.61. The molecule has 2 rings (SSSR count). The van der Waals surface area contributed by atoms with Crippen molar-refractivity contribution in [2.45, 2.75) is 6.04 Å². The molecule has 0 spiro atoms. The fraction of sp³-hybridized carbons (Fsp3) is 0.167. The summed E-state index contributed by atoms with van der Waals surface area (Å²) in [6.07, 6.45) is 3.59. The van der Waals surface area contributed by atoms with Crippen molar-refractivity contribution in [3.05, 3.63) is 23.5 Å². The first-order valence-corrected chi connectivity index (χ1v) is 2.73. The van der Waals surface area contributed by atoms with Gasteiger partial charge in [-0.25, -0.2) is 0 Å². The van der Waals surface area contributed by atoms with Gasteiger partial charge >= 0.3 is 0 Å². The van der Waals surface area contributed by atoms with Gasteiger partial charge in [-0.1, -0.05) is 0 Å². The number of aliphatic hydroxyl groups is 1. The standard InChI is InChI=1S/C6H6N2O/c7-6-5(9)2-3-1-4(3)8-6/h1-2,4,9H,(H2,7,8). The Morgan fingerprint density at radius 3 is 3.11 bits per heavy atom. The highest BCUT2D eigenvalue weighted by molar-refractivity contribution is 5.97. The molecule has 0 saturated heterocycles. The van der Waals surface area contributed by atoms with Gasteiger partial charge in [0.05, 0.1) is 6.04 Å². The van der Waals surface area contributed by atoms with Gasteiger partial charge in [0.25, 0.3) is 0 Å². The van der Waals surface area contributed by atoms with Gasteiger partial charge in [0.2, 0.25) is 0 Å². The zero-order chi connectivity index (χ0) is 6.43. The molecule has 3 nitrogen and oxygen atoms in total. The SMILES string of the molecule is NC1=NC2C=C2C=C1O. The Morgan fingerprint density at radius 1 is 1.67 bits per heavy atom. The molecule has 1 aliphatic heterocycles. The van der Waals surface area contributed by atoms with Crippen LogP contribution >= 0.6 is 0 Å². The van der Waals surface area contributed by atoms with Gasteiger partial charge in [0, 0.05) is 0 Å². The summed E-state index contributed by atoms with van der Waals surface area (Å²) in [6.45, 7) is 0. The van der Waals surface area contributed by atoms with E-state index >= 15 is 0 Å². The first-order valence-electron chi connectivity index (χ1n) is 2.73. The number of fused-ring (bicyclic) bond motifs is 1. The number of amidine groups is 1. The molecule has 0 radical (unpaired) electrons. The Hall–Kier alpha value is -1.25. The van der Waals surface area contributed by atoms with E-state index in [1.54, 1.807) is 6.08 Å². The van der Waals surface area contributed by atoms with Crippen molar-refractivity contribution in [2.24, 2.45) is 10.7 Å². The van der Waals surface area contributed by atoms with E-state index in [0.717, 1.165) is 5.57 Å². The molecule has 3 heteroatoms. The Kier molecular flexibility index (Phi) is 0.605. The van der Waals surface area contributed by atoms with Crippen molar-refractivity contribution in [1.29, 1.82) is 0 Å². The van der Waals surface area contributed by atoms with Gasteiger partial charge in [0.15, 0.2) is 11.6 Å². The molecule has 1 unspecified atom stereocenters. The Morgan fingerprint density at radius 2 is 2.44 bits per heavy atom. The smallest absolute Gasteiger partial charge is 0.162 e. The van der Waals surface area contributed by atoms with E-state index in [1.807, 2.05) is 6.08 Å². The summed E-state index contributed by atoms with van der Waals surface area (Å²) in [5.41, 5.74) is 6.36. The lowest BCUT2D eigenvalue weighted by Gasteiger charge is -2.02. The van der Waals surface area contributed by atoms with Crippen LogP contribution in [0.5, 0.6) is 0 Å². The molecule has 0 aromatic rings. The molecule has 3 N–H and O–H groups in total. The molecule has 0 amide bonds. The fourth-order valence-electron chi connectivity index (χ4n) is 0.827. The average Bonchev–Trinajstić information content (AvgIpc) is 2.46. The maximum Gasteiger partial charge on any atom is 0.162 e. The van der Waals surface area contributed by atoms with Crippen LogP contribution in [-0.4, -0.2) is 17.0 Å². The van der Waals surface area contributed by atoms with Crippen molar-refractivity contribution in [3.8, 4) is 0 Å². The first-order chi connectivity index (χ1) is 4.27. The molecule has 0 aromatic carbocycles. The van der Waals surface area contributed by atoms with Crippen LogP contribution in [0, 0.1) is 0 Å². The number of rotatable bonds is 0. The minimum absolute atomic E-state index is 0.0926. The Labute approximate surface area is 52.2 Å². The maximum atomic E-state index is 8.94. The third kappa shape index (κ3) is 0.543. The average molecular weight is 122 g/mol. The number of hydrogen-bond acceptors (Lipinski definition) is 3. The van der Waals surface area contributed by atoms with Gasteiger partial charge < -0.3 is 10.8 Å². The molecule has 9 heavy (non-hydrogen) atoms. The topological polar surface area (TPSA) is 58.6 Å². The van der Waals surface area contributed by atoms with Crippen LogP contribution in [0.4, 0.5) is 0 Å². The summed E-state index contributed by atoms with van der Waals surface area (Å²) in [4.78, 5) is 3.92. The zero-order valence-electron chi connectivity index (χ0n) is 4.70. The number of dihydropyridines is 1. The van der Waals surface area contributed by atoms with Gasteiger partial charge in [-0.2, -0.15) is 0 Å². The Balaban J connectivity index is 2.39. The second-order valence-electron chi connectivity index (χ2n) is 2.16. The predicted molar refractivity (Wildman–Crippen MR) is 34.2 cm³/mol. The van der Waals surface area contributed by atoms with Crippen LogP contribution in [0.3, 0.4) is 0 Å². The molecule has 46 valence electrons. The summed E-state index contributed by atoms with van der Waals surface area (Å²) in [6, 6.07) is 0.181. The van der Waals surface area contributed by atoms with E-state index in [1.165, 1.54) is 0 Å². The van der Waals surface area contributed by atoms with Crippen LogP contribution in [0.2, 0.25) is 0 Å². The van der Waals surface area contributed by atoms with Crippen LogP contribution in [0.25, 0.3) is 0 Å². The van der Waals surface area contributed by atoms with E-state index < -0.39 is 0 Å². The molecular formula is C6H6N2O. The summed E-state index contributed by atoms with van der Waals surface area (Å²) in [5.74, 6) is 0.340. The molecule has 0 bridgehead atoms. The predicted octanol–water partition coefficient (Wildman–Crippen LogP) is 0.108. The quantitative estimate of drug-likeness (QED) is 0.479. The fourth-order valence-corrected chi connectivity index (χ4v) is 0.827. The van der Waals surface area contributed by atoms with Crippen LogP contribution in [0.15, 0.2) is 28.5 Å². The minimum atomic E-state index is 0.0926. The number of nitrogens with two attached hydrogens (primary N) is 1. The monoisotopic (exact) mass is 122 g/mol. The van der Waals surface area contributed by atoms with Gasteiger partial charge in [0.1, 0.15) is 0 Å². The van der Waals surface area contributed by atoms with E-state index in [4.69, 9.17) is 10.8 Å². The molecule has 2 aliphatic rings. The lowest BCUT2D eigenvalue weighted by molar-refractivity contribution is 0.440. The van der Waals surface area contributed by atoms with Gasteiger partial charge in [-0.05, 0) is 17.7 Å². The Bertz CT molecular complexity index is 250. The molecule has 1 heterocycles. The highest BCUT2D eigenvalue weighted by Gasteiger charge is 2.27. The van der Waals surface area contributed by atoms with Crippen molar-refractivity contribution in [2.75, 3.05) is 0 Å². The minimum Gasteiger partial charge on any atom is -0.504 e. The van der Waals surface area contributed by atoms with E-state index in [0.29, 0.717) is 0 Å². The summed E-state index contributed by atoms with van der Waals surface area (Å²) in [5, 5.41) is 8.94. The maximum absolute atomic E-state index is 8.94. The zero-order valence-corrected chi connectivity index (χ0v) is 4.70. The third-order valence-electron chi connectivity index (χ3n) is 1.43. The van der Waals surface area contributed by atoms with E-state index in [2.05, 4.69) is 4.99 Å². The lowest BCUT2D eigenvalue weighted by Crippen LogP contribution is -2.18. The molecule has 0 fully saturated rings. The number of hydrogen-bond donors (Lipinski definition) is 2. The molecule has 1 aliphatic carbocycles. The molecule has 0 saturated carbocycles. The highest BCUT2D eigenvalue weighted by atomic mass is 16.3. The summed E-state index contributed by atoms with van der Waals surface area (Å²) in [7, 11) is 0. The van der Waals surface area contributed by atoms with Crippen molar-refractivity contribution in [3.63, 3.8) is 0 Å². The summed E-state index contributed by atoms with van der Waals surface area (Å²) >= 11 is 0. The van der Waals surface area contributed by atoms with E-state index in [-0.39, 0.29) is 17.6 Å². The summed E-state index contributed by atoms with van der Waals surface area (Å²) < 4.78 is 0. The molecule has 1 atom stereocenters.